The van der Waals surface area contributed by atoms with Crippen molar-refractivity contribution < 1.29 is 23.2 Å². The monoisotopic (exact) mass is 480 g/mol. The third-order valence-corrected chi connectivity index (χ3v) is 5.68. The molecule has 4 rings (SSSR count). The standard InChI is InChI=1S/C25H28N4O6/c1-15-19(16(2)35-27-15)14-33-22-8-6-17(12-23(22)32-5)24(30)26-18-7-9-21-20(13-18)29(25(31)34-21)11-10-28(3)4/h6-9,12-13H,10-11,14H2,1-5H3,(H,26,30). The number of methoxy groups -OCH3 is 1. The van der Waals surface area contributed by atoms with Crippen LogP contribution in [0.1, 0.15) is 27.4 Å². The second kappa shape index (κ2) is 10.1. The molecule has 0 aliphatic rings. The lowest BCUT2D eigenvalue weighted by molar-refractivity contribution is 0.102. The highest BCUT2D eigenvalue weighted by molar-refractivity contribution is 6.05. The Morgan fingerprint density at radius 2 is 1.94 bits per heavy atom. The van der Waals surface area contributed by atoms with Crippen molar-refractivity contribution in [3.63, 3.8) is 0 Å². The van der Waals surface area contributed by atoms with Crippen LogP contribution in [0.4, 0.5) is 5.69 Å². The molecule has 1 N–H and O–H groups in total. The largest absolute Gasteiger partial charge is 0.493 e. The van der Waals surface area contributed by atoms with Crippen molar-refractivity contribution in [3.8, 4) is 11.5 Å². The van der Waals surface area contributed by atoms with Crippen molar-refractivity contribution >= 4 is 22.7 Å². The van der Waals surface area contributed by atoms with Crippen LogP contribution in [0.25, 0.3) is 11.1 Å². The van der Waals surface area contributed by atoms with E-state index in [0.717, 1.165) is 11.3 Å². The van der Waals surface area contributed by atoms with E-state index in [-0.39, 0.29) is 12.5 Å². The fraction of sp³-hybridized carbons (Fsp3) is 0.320. The average molecular weight is 481 g/mol. The van der Waals surface area contributed by atoms with Gasteiger partial charge in [0.1, 0.15) is 12.4 Å². The second-order valence-corrected chi connectivity index (χ2v) is 8.42. The van der Waals surface area contributed by atoms with Crippen molar-refractivity contribution in [2.24, 2.45) is 0 Å². The van der Waals surface area contributed by atoms with Crippen LogP contribution in [0.3, 0.4) is 0 Å². The van der Waals surface area contributed by atoms with E-state index >= 15 is 0 Å². The Morgan fingerprint density at radius 3 is 2.63 bits per heavy atom. The summed E-state index contributed by atoms with van der Waals surface area (Å²) in [5.41, 5.74) is 3.65. The molecule has 0 radical (unpaired) electrons. The predicted octanol–water partition coefficient (Wildman–Crippen LogP) is 3.60. The van der Waals surface area contributed by atoms with E-state index in [0.29, 0.717) is 52.7 Å². The van der Waals surface area contributed by atoms with E-state index in [2.05, 4.69) is 10.5 Å². The summed E-state index contributed by atoms with van der Waals surface area (Å²) >= 11 is 0. The summed E-state index contributed by atoms with van der Waals surface area (Å²) in [6.45, 7) is 5.09. The minimum Gasteiger partial charge on any atom is -0.493 e. The van der Waals surface area contributed by atoms with Gasteiger partial charge < -0.3 is 28.6 Å². The first kappa shape index (κ1) is 24.1. The molecule has 1 amide bonds. The van der Waals surface area contributed by atoms with Crippen LogP contribution >= 0.6 is 0 Å². The number of hydrogen-bond donors (Lipinski definition) is 1. The van der Waals surface area contributed by atoms with Gasteiger partial charge in [-0.1, -0.05) is 5.16 Å². The lowest BCUT2D eigenvalue weighted by atomic mass is 10.1. The molecule has 4 aromatic rings. The van der Waals surface area contributed by atoms with Gasteiger partial charge in [-0.2, -0.15) is 0 Å². The number of amides is 1. The zero-order valence-corrected chi connectivity index (χ0v) is 20.4. The first-order chi connectivity index (χ1) is 16.8. The summed E-state index contributed by atoms with van der Waals surface area (Å²) in [6, 6.07) is 10.0. The summed E-state index contributed by atoms with van der Waals surface area (Å²) in [4.78, 5) is 27.2. The summed E-state index contributed by atoms with van der Waals surface area (Å²) in [7, 11) is 5.38. The van der Waals surface area contributed by atoms with E-state index in [9.17, 15) is 9.59 Å². The molecule has 35 heavy (non-hydrogen) atoms. The Labute approximate surface area is 202 Å². The topological polar surface area (TPSA) is 112 Å². The van der Waals surface area contributed by atoms with Gasteiger partial charge in [0, 0.05) is 24.3 Å². The molecule has 10 nitrogen and oxygen atoms in total. The highest BCUT2D eigenvalue weighted by Crippen LogP contribution is 2.30. The molecular formula is C25H28N4O6. The highest BCUT2D eigenvalue weighted by Gasteiger charge is 2.16. The van der Waals surface area contributed by atoms with Gasteiger partial charge in [0.2, 0.25) is 0 Å². The molecule has 0 fully saturated rings. The molecule has 2 aromatic heterocycles. The molecule has 0 aliphatic carbocycles. The first-order valence-electron chi connectivity index (χ1n) is 11.1. The number of aryl methyl sites for hydroxylation is 2. The molecule has 10 heteroatoms. The van der Waals surface area contributed by atoms with Crippen LogP contribution in [-0.2, 0) is 13.2 Å². The Bertz CT molecular complexity index is 1400. The quantitative estimate of drug-likeness (QED) is 0.387. The fourth-order valence-electron chi connectivity index (χ4n) is 3.64. The van der Waals surface area contributed by atoms with Gasteiger partial charge >= 0.3 is 5.76 Å². The molecule has 0 atom stereocenters. The zero-order chi connectivity index (χ0) is 25.1. The van der Waals surface area contributed by atoms with Gasteiger partial charge in [0.15, 0.2) is 17.1 Å². The van der Waals surface area contributed by atoms with Gasteiger partial charge in [-0.15, -0.1) is 0 Å². The molecule has 0 saturated heterocycles. The minimum absolute atomic E-state index is 0.267. The van der Waals surface area contributed by atoms with Crippen LogP contribution in [-0.4, -0.2) is 48.3 Å². The van der Waals surface area contributed by atoms with Crippen molar-refractivity contribution in [2.75, 3.05) is 33.1 Å². The number of carbonyl (C=O) groups excluding carboxylic acids is 1. The number of benzene rings is 2. The Balaban J connectivity index is 1.51. The van der Waals surface area contributed by atoms with Gasteiger partial charge in [-0.3, -0.25) is 9.36 Å². The summed E-state index contributed by atoms with van der Waals surface area (Å²) < 4.78 is 23.4. The van der Waals surface area contributed by atoms with Gasteiger partial charge in [0.25, 0.3) is 5.91 Å². The van der Waals surface area contributed by atoms with Gasteiger partial charge in [-0.25, -0.2) is 4.79 Å². The number of carbonyl (C=O) groups is 1. The number of hydrogen-bond acceptors (Lipinski definition) is 8. The maximum atomic E-state index is 12.9. The highest BCUT2D eigenvalue weighted by atomic mass is 16.5. The number of rotatable bonds is 9. The maximum Gasteiger partial charge on any atom is 0.419 e. The number of anilines is 1. The van der Waals surface area contributed by atoms with Crippen LogP contribution in [0.2, 0.25) is 0 Å². The van der Waals surface area contributed by atoms with Crippen molar-refractivity contribution in [2.45, 2.75) is 27.0 Å². The summed E-state index contributed by atoms with van der Waals surface area (Å²) in [5.74, 6) is 0.855. The predicted molar refractivity (Wildman–Crippen MR) is 130 cm³/mol. The number of oxazole rings is 1. The van der Waals surface area contributed by atoms with Gasteiger partial charge in [0.05, 0.1) is 23.9 Å². The molecular weight excluding hydrogens is 452 g/mol. The summed E-state index contributed by atoms with van der Waals surface area (Å²) in [6.07, 6.45) is 0. The zero-order valence-electron chi connectivity index (χ0n) is 20.4. The third-order valence-electron chi connectivity index (χ3n) is 5.68. The van der Waals surface area contributed by atoms with E-state index in [4.69, 9.17) is 18.4 Å². The van der Waals surface area contributed by atoms with Crippen molar-refractivity contribution in [1.29, 1.82) is 0 Å². The van der Waals surface area contributed by atoms with Crippen molar-refractivity contribution in [1.82, 2.24) is 14.6 Å². The molecule has 0 saturated carbocycles. The average Bonchev–Trinajstić information content (AvgIpc) is 3.32. The molecule has 0 aliphatic heterocycles. The van der Waals surface area contributed by atoms with E-state index in [1.54, 1.807) is 41.0 Å². The van der Waals surface area contributed by atoms with E-state index in [1.165, 1.54) is 7.11 Å². The number of fused-ring (bicyclic) bond motifs is 1. The Morgan fingerprint density at radius 1 is 1.14 bits per heavy atom. The minimum atomic E-state index is -0.428. The number of nitrogens with zero attached hydrogens (tertiary/aromatic N) is 3. The van der Waals surface area contributed by atoms with Crippen LogP contribution in [0.5, 0.6) is 11.5 Å². The molecule has 0 bridgehead atoms. The number of ether oxygens (including phenoxy) is 2. The van der Waals surface area contributed by atoms with Crippen LogP contribution in [0.15, 0.2) is 50.1 Å². The molecule has 0 spiro atoms. The normalized spacial score (nSPS) is 11.3. The lowest BCUT2D eigenvalue weighted by Gasteiger charge is -2.13. The number of aromatic nitrogens is 2. The second-order valence-electron chi connectivity index (χ2n) is 8.42. The molecule has 0 unspecified atom stereocenters. The number of nitrogens with one attached hydrogen (secondary N) is 1. The third kappa shape index (κ3) is 5.22. The smallest absolute Gasteiger partial charge is 0.419 e. The van der Waals surface area contributed by atoms with Crippen molar-refractivity contribution in [3.05, 3.63) is 69.5 Å². The molecule has 184 valence electrons. The summed E-state index contributed by atoms with van der Waals surface area (Å²) in [5, 5.41) is 6.79. The Hall–Kier alpha value is -4.05. The first-order valence-corrected chi connectivity index (χ1v) is 11.1. The fourth-order valence-corrected chi connectivity index (χ4v) is 3.64. The van der Waals surface area contributed by atoms with Gasteiger partial charge in [-0.05, 0) is 64.3 Å². The SMILES string of the molecule is COc1cc(C(=O)Nc2ccc3oc(=O)n(CCN(C)C)c3c2)ccc1OCc1c(C)noc1C. The Kier molecular flexibility index (Phi) is 6.92. The molecule has 2 heterocycles. The maximum absolute atomic E-state index is 12.9. The number of likely N-dealkylation sites (N-methyl/N-ethyl adjacent to an activating group) is 1. The van der Waals surface area contributed by atoms with Crippen LogP contribution < -0.4 is 20.5 Å². The van der Waals surface area contributed by atoms with E-state index in [1.807, 2.05) is 32.8 Å². The molecule has 2 aromatic carbocycles. The van der Waals surface area contributed by atoms with Crippen LogP contribution in [0, 0.1) is 13.8 Å². The van der Waals surface area contributed by atoms with E-state index < -0.39 is 5.76 Å². The lowest BCUT2D eigenvalue weighted by Crippen LogP contribution is -2.23.